The van der Waals surface area contributed by atoms with E-state index in [4.69, 9.17) is 15.3 Å². The number of aliphatic carboxylic acids is 3. The van der Waals surface area contributed by atoms with Gasteiger partial charge in [0.15, 0.2) is 0 Å². The van der Waals surface area contributed by atoms with Crippen LogP contribution >= 0.6 is 0 Å². The van der Waals surface area contributed by atoms with Gasteiger partial charge >= 0.3 is 17.9 Å². The van der Waals surface area contributed by atoms with Crippen molar-refractivity contribution in [2.24, 2.45) is 0 Å². The number of carbonyl (C=O) groups is 3. The van der Waals surface area contributed by atoms with Crippen molar-refractivity contribution in [2.45, 2.75) is 12.8 Å². The number of benzene rings is 1. The summed E-state index contributed by atoms with van der Waals surface area (Å²) in [5.74, 6) is -3.21. The Labute approximate surface area is 124 Å². The molecule has 0 amide bonds. The molecule has 0 aliphatic carbocycles. The molecule has 1 aromatic rings. The van der Waals surface area contributed by atoms with E-state index >= 15 is 0 Å². The summed E-state index contributed by atoms with van der Waals surface area (Å²) >= 11 is 0. The molecule has 0 saturated carbocycles. The molecule has 3 N–H and O–H groups in total. The number of rotatable bonds is 6. The van der Waals surface area contributed by atoms with Crippen LogP contribution in [-0.4, -0.2) is 38.2 Å². The first-order valence-electron chi connectivity index (χ1n) is 5.81. The lowest BCUT2D eigenvalue weighted by atomic mass is 10.2. The monoisotopic (exact) mass is 311 g/mol. The normalized spacial score (nSPS) is 9.64. The topological polar surface area (TPSA) is 155 Å². The molecule has 0 aromatic heterocycles. The standard InChI is InChI=1S/C9H7NO4.C4H6O4/c11-9(12)6-3-7-1-4-8(5-2-7)10(13)14;5-3(6)1-2-4(7)8/h1-6H,(H,11,12);1-2H2,(H,5,6)(H,7,8). The molecule has 0 atom stereocenters. The Kier molecular flexibility index (Phi) is 8.22. The number of nitrogens with zero attached hydrogens (tertiary/aromatic N) is 1. The smallest absolute Gasteiger partial charge is 0.328 e. The maximum atomic E-state index is 10.3. The van der Waals surface area contributed by atoms with Gasteiger partial charge < -0.3 is 15.3 Å². The molecule has 0 radical (unpaired) electrons. The zero-order chi connectivity index (χ0) is 17.1. The van der Waals surface area contributed by atoms with Crippen LogP contribution in [0, 0.1) is 10.1 Å². The van der Waals surface area contributed by atoms with Crippen LogP contribution in [0.15, 0.2) is 30.3 Å². The van der Waals surface area contributed by atoms with Gasteiger partial charge in [-0.3, -0.25) is 19.7 Å². The van der Waals surface area contributed by atoms with Gasteiger partial charge in [0.1, 0.15) is 0 Å². The van der Waals surface area contributed by atoms with E-state index in [9.17, 15) is 24.5 Å². The van der Waals surface area contributed by atoms with Gasteiger partial charge in [0.05, 0.1) is 17.8 Å². The quantitative estimate of drug-likeness (QED) is 0.406. The van der Waals surface area contributed by atoms with Crippen LogP contribution in [0.1, 0.15) is 18.4 Å². The Morgan fingerprint density at radius 3 is 1.77 bits per heavy atom. The molecule has 0 aliphatic rings. The first-order valence-corrected chi connectivity index (χ1v) is 5.81. The van der Waals surface area contributed by atoms with Crippen LogP contribution in [0.2, 0.25) is 0 Å². The van der Waals surface area contributed by atoms with E-state index in [0.717, 1.165) is 6.08 Å². The van der Waals surface area contributed by atoms with Crippen molar-refractivity contribution in [3.63, 3.8) is 0 Å². The Bertz CT molecular complexity index is 562. The number of hydrogen-bond acceptors (Lipinski definition) is 5. The highest BCUT2D eigenvalue weighted by Gasteiger charge is 2.02. The molecule has 0 unspecified atom stereocenters. The SMILES string of the molecule is O=C(O)C=Cc1ccc([N+](=O)[O-])cc1.O=C(O)CCC(=O)O. The molecule has 9 nitrogen and oxygen atoms in total. The van der Waals surface area contributed by atoms with Crippen LogP contribution < -0.4 is 0 Å². The summed E-state index contributed by atoms with van der Waals surface area (Å²) in [6.45, 7) is 0. The first-order chi connectivity index (χ1) is 10.2. The predicted octanol–water partition coefficient (Wildman–Crippen LogP) is 1.63. The number of carboxylic acid groups (broad SMARTS) is 3. The zero-order valence-corrected chi connectivity index (χ0v) is 11.2. The molecule has 1 aromatic carbocycles. The van der Waals surface area contributed by atoms with E-state index in [1.807, 2.05) is 0 Å². The minimum Gasteiger partial charge on any atom is -0.481 e. The summed E-state index contributed by atoms with van der Waals surface area (Å²) in [4.78, 5) is 39.2. The van der Waals surface area contributed by atoms with Crippen LogP contribution in [0.4, 0.5) is 5.69 Å². The number of carboxylic acids is 3. The van der Waals surface area contributed by atoms with E-state index < -0.39 is 22.8 Å². The molecule has 0 heterocycles. The molecule has 0 fully saturated rings. The van der Waals surface area contributed by atoms with Gasteiger partial charge in [-0.2, -0.15) is 0 Å². The van der Waals surface area contributed by atoms with Crippen LogP contribution in [-0.2, 0) is 14.4 Å². The maximum Gasteiger partial charge on any atom is 0.328 e. The summed E-state index contributed by atoms with van der Waals surface area (Å²) in [7, 11) is 0. The van der Waals surface area contributed by atoms with Crippen molar-refractivity contribution < 1.29 is 34.6 Å². The highest BCUT2D eigenvalue weighted by atomic mass is 16.6. The molecule has 118 valence electrons. The minimum absolute atomic E-state index is 0.0162. The Morgan fingerprint density at radius 1 is 1.00 bits per heavy atom. The van der Waals surface area contributed by atoms with Gasteiger partial charge in [-0.05, 0) is 23.8 Å². The summed E-state index contributed by atoms with van der Waals surface area (Å²) < 4.78 is 0. The molecule has 9 heteroatoms. The summed E-state index contributed by atoms with van der Waals surface area (Å²) in [6.07, 6.45) is 1.75. The molecule has 1 rings (SSSR count). The van der Waals surface area contributed by atoms with Crippen molar-refractivity contribution >= 4 is 29.7 Å². The lowest BCUT2D eigenvalue weighted by molar-refractivity contribution is -0.384. The maximum absolute atomic E-state index is 10.3. The van der Waals surface area contributed by atoms with Gasteiger partial charge in [0, 0.05) is 18.2 Å². The summed E-state index contributed by atoms with van der Waals surface area (Å²) in [5.41, 5.74) is 0.593. The second-order valence-electron chi connectivity index (χ2n) is 3.81. The number of nitro benzene ring substituents is 1. The van der Waals surface area contributed by atoms with E-state index in [2.05, 4.69) is 0 Å². The minimum atomic E-state index is -1.08. The fourth-order valence-corrected chi connectivity index (χ4v) is 1.09. The average molecular weight is 311 g/mol. The van der Waals surface area contributed by atoms with Crippen molar-refractivity contribution in [3.05, 3.63) is 46.0 Å². The third kappa shape index (κ3) is 9.67. The molecular weight excluding hydrogens is 298 g/mol. The average Bonchev–Trinajstić information content (AvgIpc) is 2.44. The number of hydrogen-bond donors (Lipinski definition) is 3. The Balaban J connectivity index is 0.000000472. The van der Waals surface area contributed by atoms with Gasteiger partial charge in [-0.25, -0.2) is 4.79 Å². The second kappa shape index (κ2) is 9.64. The largest absolute Gasteiger partial charge is 0.481 e. The molecule has 0 spiro atoms. The van der Waals surface area contributed by atoms with Crippen LogP contribution in [0.25, 0.3) is 6.08 Å². The molecular formula is C13H13NO8. The van der Waals surface area contributed by atoms with E-state index in [0.29, 0.717) is 5.56 Å². The highest BCUT2D eigenvalue weighted by Crippen LogP contribution is 2.12. The Hall–Kier alpha value is -3.23. The fraction of sp³-hybridized carbons (Fsp3) is 0.154. The highest BCUT2D eigenvalue weighted by molar-refractivity contribution is 5.85. The third-order valence-electron chi connectivity index (χ3n) is 2.07. The van der Waals surface area contributed by atoms with Gasteiger partial charge in [-0.1, -0.05) is 0 Å². The Morgan fingerprint density at radius 2 is 1.45 bits per heavy atom. The fourth-order valence-electron chi connectivity index (χ4n) is 1.09. The van der Waals surface area contributed by atoms with E-state index in [1.165, 1.54) is 30.3 Å². The first kappa shape index (κ1) is 18.8. The van der Waals surface area contributed by atoms with Crippen molar-refractivity contribution in [3.8, 4) is 0 Å². The lowest BCUT2D eigenvalue weighted by Crippen LogP contribution is -2.00. The van der Waals surface area contributed by atoms with Crippen LogP contribution in [0.3, 0.4) is 0 Å². The third-order valence-corrected chi connectivity index (χ3v) is 2.07. The lowest BCUT2D eigenvalue weighted by Gasteiger charge is -1.92. The van der Waals surface area contributed by atoms with E-state index in [-0.39, 0.29) is 18.5 Å². The summed E-state index contributed by atoms with van der Waals surface area (Å²) in [5, 5.41) is 34.4. The van der Waals surface area contributed by atoms with Gasteiger partial charge in [0.2, 0.25) is 0 Å². The predicted molar refractivity (Wildman–Crippen MR) is 74.3 cm³/mol. The molecule has 0 bridgehead atoms. The zero-order valence-electron chi connectivity index (χ0n) is 11.2. The van der Waals surface area contributed by atoms with Gasteiger partial charge in [-0.15, -0.1) is 0 Å². The molecule has 0 aliphatic heterocycles. The van der Waals surface area contributed by atoms with Gasteiger partial charge in [0.25, 0.3) is 5.69 Å². The number of non-ortho nitro benzene ring substituents is 1. The van der Waals surface area contributed by atoms with Crippen molar-refractivity contribution in [1.82, 2.24) is 0 Å². The summed E-state index contributed by atoms with van der Waals surface area (Å²) in [6, 6.07) is 5.61. The number of nitro groups is 1. The molecule has 0 saturated heterocycles. The second-order valence-corrected chi connectivity index (χ2v) is 3.81. The van der Waals surface area contributed by atoms with Crippen molar-refractivity contribution in [1.29, 1.82) is 0 Å². The van der Waals surface area contributed by atoms with Crippen LogP contribution in [0.5, 0.6) is 0 Å². The molecule has 22 heavy (non-hydrogen) atoms. The van der Waals surface area contributed by atoms with Crippen molar-refractivity contribution in [2.75, 3.05) is 0 Å². The van der Waals surface area contributed by atoms with E-state index in [1.54, 1.807) is 0 Å².